The molecule has 6 heteroatoms. The third-order valence-corrected chi connectivity index (χ3v) is 6.75. The number of nitrogens with zero attached hydrogens (tertiary/aromatic N) is 4. The zero-order chi connectivity index (χ0) is 24.0. The van der Waals surface area contributed by atoms with E-state index < -0.39 is 0 Å². The maximum atomic E-state index is 13.3. The van der Waals surface area contributed by atoms with Crippen molar-refractivity contribution in [2.45, 2.75) is 13.0 Å². The van der Waals surface area contributed by atoms with Gasteiger partial charge in [-0.25, -0.2) is 4.68 Å². The molecule has 1 aliphatic rings. The molecule has 5 nitrogen and oxygen atoms in total. The van der Waals surface area contributed by atoms with Crippen molar-refractivity contribution >= 4 is 17.3 Å². The van der Waals surface area contributed by atoms with Crippen LogP contribution in [0.15, 0.2) is 95.8 Å². The Labute approximate surface area is 211 Å². The lowest BCUT2D eigenvalue weighted by Gasteiger charge is -2.36. The van der Waals surface area contributed by atoms with Gasteiger partial charge in [-0.1, -0.05) is 78.3 Å². The van der Waals surface area contributed by atoms with Crippen molar-refractivity contribution < 1.29 is 0 Å². The third kappa shape index (κ3) is 5.64. The van der Waals surface area contributed by atoms with Crippen LogP contribution in [0.3, 0.4) is 0 Å². The van der Waals surface area contributed by atoms with Crippen LogP contribution in [0.25, 0.3) is 22.4 Å². The second kappa shape index (κ2) is 10.9. The molecule has 0 unspecified atom stereocenters. The minimum atomic E-state index is -0.0401. The van der Waals surface area contributed by atoms with Gasteiger partial charge < -0.3 is 4.90 Å². The van der Waals surface area contributed by atoms with Crippen LogP contribution in [0.2, 0.25) is 5.02 Å². The van der Waals surface area contributed by atoms with Crippen molar-refractivity contribution in [3.05, 3.63) is 106 Å². The van der Waals surface area contributed by atoms with E-state index in [1.54, 1.807) is 4.68 Å². The van der Waals surface area contributed by atoms with E-state index in [0.29, 0.717) is 12.1 Å². The lowest BCUT2D eigenvalue weighted by Crippen LogP contribution is -2.46. The van der Waals surface area contributed by atoms with E-state index >= 15 is 0 Å². The highest BCUT2D eigenvalue weighted by Crippen LogP contribution is 2.23. The van der Waals surface area contributed by atoms with E-state index in [2.05, 4.69) is 15.9 Å². The molecule has 1 aliphatic heterocycles. The molecule has 3 aromatic carbocycles. The van der Waals surface area contributed by atoms with Crippen molar-refractivity contribution in [3.8, 4) is 22.4 Å². The maximum absolute atomic E-state index is 13.3. The number of hydrogen-bond acceptors (Lipinski definition) is 4. The summed E-state index contributed by atoms with van der Waals surface area (Å²) in [7, 11) is 0. The van der Waals surface area contributed by atoms with E-state index in [9.17, 15) is 4.79 Å². The van der Waals surface area contributed by atoms with Crippen LogP contribution < -0.4 is 10.5 Å². The van der Waals surface area contributed by atoms with Gasteiger partial charge >= 0.3 is 0 Å². The smallest absolute Gasteiger partial charge is 0.274 e. The molecule has 1 aromatic heterocycles. The Kier molecular flexibility index (Phi) is 7.26. The van der Waals surface area contributed by atoms with Crippen molar-refractivity contribution in [2.75, 3.05) is 37.6 Å². The Morgan fingerprint density at radius 3 is 2.11 bits per heavy atom. The van der Waals surface area contributed by atoms with Crippen LogP contribution in [-0.2, 0) is 6.54 Å². The van der Waals surface area contributed by atoms with Crippen LogP contribution in [0.5, 0.6) is 0 Å². The molecule has 0 bridgehead atoms. The summed E-state index contributed by atoms with van der Waals surface area (Å²) < 4.78 is 1.65. The number of piperazine rings is 1. The van der Waals surface area contributed by atoms with Gasteiger partial charge in [0.15, 0.2) is 0 Å². The maximum Gasteiger partial charge on any atom is 0.274 e. The predicted molar refractivity (Wildman–Crippen MR) is 144 cm³/mol. The molecule has 0 N–H and O–H groups in total. The van der Waals surface area contributed by atoms with Gasteiger partial charge in [0.25, 0.3) is 5.56 Å². The zero-order valence-corrected chi connectivity index (χ0v) is 20.4. The van der Waals surface area contributed by atoms with Crippen molar-refractivity contribution in [1.82, 2.24) is 14.7 Å². The summed E-state index contributed by atoms with van der Waals surface area (Å²) in [6.45, 7) is 5.46. The first-order valence-electron chi connectivity index (χ1n) is 12.1. The van der Waals surface area contributed by atoms with Crippen molar-refractivity contribution in [1.29, 1.82) is 0 Å². The number of anilines is 1. The highest BCUT2D eigenvalue weighted by molar-refractivity contribution is 6.30. The molecule has 0 radical (unpaired) electrons. The number of halogens is 1. The van der Waals surface area contributed by atoms with Crippen LogP contribution in [0.4, 0.5) is 5.69 Å². The van der Waals surface area contributed by atoms with Crippen LogP contribution in [0, 0.1) is 0 Å². The summed E-state index contributed by atoms with van der Waals surface area (Å²) in [6, 6.07) is 29.9. The number of hydrogen-bond donors (Lipinski definition) is 0. The minimum absolute atomic E-state index is 0.0401. The van der Waals surface area contributed by atoms with Gasteiger partial charge in [0.2, 0.25) is 0 Å². The van der Waals surface area contributed by atoms with E-state index in [4.69, 9.17) is 16.7 Å². The van der Waals surface area contributed by atoms with Gasteiger partial charge in [-0.15, -0.1) is 0 Å². The zero-order valence-electron chi connectivity index (χ0n) is 19.7. The molecule has 0 amide bonds. The monoisotopic (exact) mass is 484 g/mol. The van der Waals surface area contributed by atoms with Crippen molar-refractivity contribution in [2.24, 2.45) is 0 Å². The second-order valence-electron chi connectivity index (χ2n) is 8.87. The van der Waals surface area contributed by atoms with Gasteiger partial charge in [0.1, 0.15) is 0 Å². The van der Waals surface area contributed by atoms with Crippen molar-refractivity contribution in [3.63, 3.8) is 0 Å². The fourth-order valence-corrected chi connectivity index (χ4v) is 4.80. The Hall–Kier alpha value is -3.41. The molecule has 35 heavy (non-hydrogen) atoms. The van der Waals surface area contributed by atoms with Gasteiger partial charge in [-0.3, -0.25) is 9.69 Å². The minimum Gasteiger partial charge on any atom is -0.369 e. The van der Waals surface area contributed by atoms with E-state index in [0.717, 1.165) is 61.0 Å². The number of rotatable bonds is 7. The Bertz CT molecular complexity index is 1320. The lowest BCUT2D eigenvalue weighted by atomic mass is 10.0. The fourth-order valence-electron chi connectivity index (χ4n) is 4.61. The van der Waals surface area contributed by atoms with Gasteiger partial charge in [-0.2, -0.15) is 5.10 Å². The summed E-state index contributed by atoms with van der Waals surface area (Å²) in [4.78, 5) is 18.2. The first-order chi connectivity index (χ1) is 17.2. The molecule has 1 fully saturated rings. The van der Waals surface area contributed by atoms with Crippen LogP contribution in [-0.4, -0.2) is 47.4 Å². The summed E-state index contributed by atoms with van der Waals surface area (Å²) in [5.74, 6) is 0. The van der Waals surface area contributed by atoms with E-state index in [1.807, 2.05) is 84.9 Å². The molecule has 5 rings (SSSR count). The lowest BCUT2D eigenvalue weighted by molar-refractivity contribution is 0.248. The average Bonchev–Trinajstić information content (AvgIpc) is 2.91. The number of aryl methyl sites for hydroxylation is 1. The second-order valence-corrected chi connectivity index (χ2v) is 9.30. The quantitative estimate of drug-likeness (QED) is 0.350. The normalized spacial score (nSPS) is 14.3. The SMILES string of the molecule is O=c1c(-c2ccccc2)cc(-c2ccccc2)nn1CCCN1CCN(c2cccc(Cl)c2)CC1. The predicted octanol–water partition coefficient (Wildman–Crippen LogP) is 5.44. The summed E-state index contributed by atoms with van der Waals surface area (Å²) >= 11 is 6.16. The first kappa shape index (κ1) is 23.3. The number of benzene rings is 3. The molecule has 0 aliphatic carbocycles. The highest BCUT2D eigenvalue weighted by Gasteiger charge is 2.18. The Balaban J connectivity index is 1.27. The Morgan fingerprint density at radius 2 is 1.43 bits per heavy atom. The molecule has 0 atom stereocenters. The van der Waals surface area contributed by atoms with Gasteiger partial charge in [0.05, 0.1) is 11.3 Å². The van der Waals surface area contributed by atoms with Gasteiger partial charge in [0, 0.05) is 55.5 Å². The van der Waals surface area contributed by atoms with E-state index in [-0.39, 0.29) is 5.56 Å². The number of aromatic nitrogens is 2. The molecule has 178 valence electrons. The fraction of sp³-hybridized carbons (Fsp3) is 0.241. The molecule has 2 heterocycles. The molecule has 0 spiro atoms. The summed E-state index contributed by atoms with van der Waals surface area (Å²) in [6.07, 6.45) is 0.872. The molecule has 0 saturated carbocycles. The average molecular weight is 485 g/mol. The van der Waals surface area contributed by atoms with Crippen LogP contribution in [0.1, 0.15) is 6.42 Å². The standard InChI is InChI=1S/C29H29ClN4O/c30-25-13-7-14-26(21-25)33-19-17-32(18-20-33)15-8-16-34-29(35)27(23-9-3-1-4-10-23)22-28(31-34)24-11-5-2-6-12-24/h1-7,9-14,21-22H,8,15-20H2. The molecule has 1 saturated heterocycles. The topological polar surface area (TPSA) is 41.4 Å². The molecular formula is C29H29ClN4O. The van der Waals surface area contributed by atoms with Crippen LogP contribution >= 0.6 is 11.6 Å². The first-order valence-corrected chi connectivity index (χ1v) is 12.5. The van der Waals surface area contributed by atoms with E-state index in [1.165, 1.54) is 5.69 Å². The summed E-state index contributed by atoms with van der Waals surface area (Å²) in [5, 5.41) is 5.51. The molecule has 4 aromatic rings. The highest BCUT2D eigenvalue weighted by atomic mass is 35.5. The molecular weight excluding hydrogens is 456 g/mol. The summed E-state index contributed by atoms with van der Waals surface area (Å²) in [5.41, 5.74) is 4.58. The third-order valence-electron chi connectivity index (χ3n) is 6.52. The largest absolute Gasteiger partial charge is 0.369 e. The Morgan fingerprint density at radius 1 is 0.743 bits per heavy atom. The van der Waals surface area contributed by atoms with Gasteiger partial charge in [-0.05, 0) is 36.2 Å².